The minimum Gasteiger partial charge on any atom is -0.443 e. The maximum atomic E-state index is 15.2. The number of para-hydroxylation sites is 1. The Balaban J connectivity index is 1.32. The summed E-state index contributed by atoms with van der Waals surface area (Å²) in [7, 11) is 0. The smallest absolute Gasteiger partial charge is 0.407 e. The highest BCUT2D eigenvalue weighted by molar-refractivity contribution is 5.90. The number of nitrogens with one attached hydrogen (secondary N) is 3. The van der Waals surface area contributed by atoms with Gasteiger partial charge in [-0.2, -0.15) is 5.10 Å². The molecule has 3 atom stereocenters. The molecule has 5 rings (SSSR count). The van der Waals surface area contributed by atoms with Crippen LogP contribution in [0.3, 0.4) is 0 Å². The number of hydrazine groups is 1. The van der Waals surface area contributed by atoms with E-state index in [1.165, 1.54) is 0 Å². The lowest BCUT2D eigenvalue weighted by molar-refractivity contribution is -0.135. The molecule has 3 N–H and O–H groups in total. The zero-order valence-electron chi connectivity index (χ0n) is 18.1. The summed E-state index contributed by atoms with van der Waals surface area (Å²) in [6.07, 6.45) is -2.61. The number of halogens is 1. The highest BCUT2D eigenvalue weighted by Gasteiger charge is 2.48. The van der Waals surface area contributed by atoms with Crippen molar-refractivity contribution in [2.45, 2.75) is 24.7 Å². The molecule has 0 radical (unpaired) electrons. The first-order valence-corrected chi connectivity index (χ1v) is 10.9. The summed E-state index contributed by atoms with van der Waals surface area (Å²) < 4.78 is 20.6. The van der Waals surface area contributed by atoms with Gasteiger partial charge < -0.3 is 15.0 Å². The SMILES string of the molecule is CC(C(=O)NN1CCN(c2n[nH]c3ccccc23)C(F)C1)(c1ccccc1)C1CNC(=O)O1. The van der Waals surface area contributed by atoms with E-state index < -0.39 is 23.9 Å². The molecule has 10 heteroatoms. The van der Waals surface area contributed by atoms with Crippen LogP contribution in [0.25, 0.3) is 10.9 Å². The van der Waals surface area contributed by atoms with E-state index in [4.69, 9.17) is 4.74 Å². The van der Waals surface area contributed by atoms with Crippen molar-refractivity contribution in [1.82, 2.24) is 25.9 Å². The third kappa shape index (κ3) is 3.76. The second kappa shape index (κ2) is 8.36. The van der Waals surface area contributed by atoms with Crippen LogP contribution in [0.5, 0.6) is 0 Å². The van der Waals surface area contributed by atoms with Crippen molar-refractivity contribution in [2.24, 2.45) is 0 Å². The standard InChI is InChI=1S/C23H25FN6O3/c1-23(15-7-3-2-4-8-15,18-13-25-22(32)33-18)21(31)28-29-11-12-30(19(24)14-29)20-16-9-5-6-10-17(16)26-27-20/h2-10,18-19H,11-14H2,1H3,(H,25,32)(H,26,27)(H,28,31). The van der Waals surface area contributed by atoms with Gasteiger partial charge in [0.25, 0.3) is 0 Å². The largest absolute Gasteiger partial charge is 0.443 e. The molecular weight excluding hydrogens is 427 g/mol. The molecule has 0 spiro atoms. The summed E-state index contributed by atoms with van der Waals surface area (Å²) in [6, 6.07) is 16.7. The van der Waals surface area contributed by atoms with Crippen LogP contribution in [0.1, 0.15) is 12.5 Å². The number of alkyl halides is 1. The van der Waals surface area contributed by atoms with Crippen molar-refractivity contribution in [3.63, 3.8) is 0 Å². The summed E-state index contributed by atoms with van der Waals surface area (Å²) >= 11 is 0. The van der Waals surface area contributed by atoms with Gasteiger partial charge in [0.05, 0.1) is 18.6 Å². The number of hydrogen-bond donors (Lipinski definition) is 3. The fourth-order valence-corrected chi connectivity index (χ4v) is 4.47. The van der Waals surface area contributed by atoms with Crippen molar-refractivity contribution in [1.29, 1.82) is 0 Å². The van der Waals surface area contributed by atoms with Crippen LogP contribution < -0.4 is 15.6 Å². The molecule has 0 bridgehead atoms. The average molecular weight is 452 g/mol. The Bertz CT molecular complexity index is 1170. The lowest BCUT2D eigenvalue weighted by Crippen LogP contribution is -2.61. The number of benzene rings is 2. The molecule has 3 aromatic rings. The van der Waals surface area contributed by atoms with Gasteiger partial charge in [0.15, 0.2) is 12.1 Å². The molecule has 33 heavy (non-hydrogen) atoms. The zero-order chi connectivity index (χ0) is 23.0. The Morgan fingerprint density at radius 2 is 1.94 bits per heavy atom. The van der Waals surface area contributed by atoms with Crippen molar-refractivity contribution in [3.05, 3.63) is 60.2 Å². The van der Waals surface area contributed by atoms with Gasteiger partial charge in [0, 0.05) is 18.5 Å². The molecule has 0 aliphatic carbocycles. The van der Waals surface area contributed by atoms with Gasteiger partial charge in [-0.1, -0.05) is 42.5 Å². The van der Waals surface area contributed by atoms with Crippen LogP contribution in [0.15, 0.2) is 54.6 Å². The normalized spacial score (nSPS) is 23.1. The average Bonchev–Trinajstić information content (AvgIpc) is 3.46. The third-order valence-electron chi connectivity index (χ3n) is 6.47. The van der Waals surface area contributed by atoms with Crippen LogP contribution in [0.2, 0.25) is 0 Å². The number of alkyl carbamates (subject to hydrolysis) is 1. The molecule has 2 saturated heterocycles. The maximum Gasteiger partial charge on any atom is 0.407 e. The van der Waals surface area contributed by atoms with Crippen molar-refractivity contribution in [3.8, 4) is 0 Å². The number of carbonyl (C=O) groups excluding carboxylic acids is 2. The Labute approximate surface area is 189 Å². The zero-order valence-corrected chi connectivity index (χ0v) is 18.1. The van der Waals surface area contributed by atoms with Crippen LogP contribution in [-0.4, -0.2) is 65.8 Å². The highest BCUT2D eigenvalue weighted by atomic mass is 19.1. The number of amides is 2. The quantitative estimate of drug-likeness (QED) is 0.513. The second-order valence-corrected chi connectivity index (χ2v) is 8.45. The van der Waals surface area contributed by atoms with Crippen LogP contribution in [0.4, 0.5) is 15.0 Å². The first-order chi connectivity index (χ1) is 16.0. The van der Waals surface area contributed by atoms with Gasteiger partial charge in [-0.3, -0.25) is 15.3 Å². The number of H-pyrrole nitrogens is 1. The van der Waals surface area contributed by atoms with Gasteiger partial charge >= 0.3 is 6.09 Å². The number of anilines is 1. The predicted octanol–water partition coefficient (Wildman–Crippen LogP) is 2.08. The molecule has 2 amide bonds. The number of rotatable bonds is 5. The van der Waals surface area contributed by atoms with Gasteiger partial charge in [-0.15, -0.1) is 0 Å². The van der Waals surface area contributed by atoms with E-state index in [0.29, 0.717) is 24.5 Å². The van der Waals surface area contributed by atoms with E-state index in [-0.39, 0.29) is 19.0 Å². The first-order valence-electron chi connectivity index (χ1n) is 10.9. The van der Waals surface area contributed by atoms with Gasteiger partial charge in [-0.25, -0.2) is 14.2 Å². The summed E-state index contributed by atoms with van der Waals surface area (Å²) in [5, 5.41) is 12.3. The summed E-state index contributed by atoms with van der Waals surface area (Å²) in [4.78, 5) is 26.8. The lowest BCUT2D eigenvalue weighted by Gasteiger charge is -2.40. The summed E-state index contributed by atoms with van der Waals surface area (Å²) in [5.41, 5.74) is 3.26. The minimum atomic E-state index is -1.36. The number of nitrogens with zero attached hydrogens (tertiary/aromatic N) is 3. The van der Waals surface area contributed by atoms with Crippen molar-refractivity contribution >= 4 is 28.7 Å². The Kier molecular flexibility index (Phi) is 5.37. The molecule has 0 saturated carbocycles. The first kappa shape index (κ1) is 21.2. The summed E-state index contributed by atoms with van der Waals surface area (Å²) in [5.74, 6) is 0.197. The number of ether oxygens (including phenoxy) is 1. The van der Waals surface area contributed by atoms with E-state index >= 15 is 4.39 Å². The van der Waals surface area contributed by atoms with Crippen LogP contribution in [0, 0.1) is 0 Å². The monoisotopic (exact) mass is 452 g/mol. The molecule has 172 valence electrons. The Hall–Kier alpha value is -3.66. The topological polar surface area (TPSA) is 103 Å². The molecule has 2 aliphatic rings. The van der Waals surface area contributed by atoms with Crippen LogP contribution >= 0.6 is 0 Å². The lowest BCUT2D eigenvalue weighted by atomic mass is 9.76. The molecule has 9 nitrogen and oxygen atoms in total. The number of aromatic nitrogens is 2. The Morgan fingerprint density at radius 1 is 1.18 bits per heavy atom. The van der Waals surface area contributed by atoms with E-state index in [9.17, 15) is 9.59 Å². The number of cyclic esters (lactones) is 1. The molecule has 2 aliphatic heterocycles. The minimum absolute atomic E-state index is 0.0273. The highest BCUT2D eigenvalue weighted by Crippen LogP contribution is 2.32. The third-order valence-corrected chi connectivity index (χ3v) is 6.47. The number of piperazine rings is 1. The van der Waals surface area contributed by atoms with Crippen molar-refractivity contribution < 1.29 is 18.7 Å². The number of carbonyl (C=O) groups is 2. The molecule has 3 heterocycles. The van der Waals surface area contributed by atoms with E-state index in [1.807, 2.05) is 54.6 Å². The van der Waals surface area contributed by atoms with Gasteiger partial charge in [0.2, 0.25) is 5.91 Å². The molecule has 2 aromatic carbocycles. The molecule has 1 aromatic heterocycles. The van der Waals surface area contributed by atoms with E-state index in [2.05, 4.69) is 20.9 Å². The van der Waals surface area contributed by atoms with Crippen LogP contribution in [-0.2, 0) is 14.9 Å². The maximum absolute atomic E-state index is 15.2. The fraction of sp³-hybridized carbons (Fsp3) is 0.348. The number of fused-ring (bicyclic) bond motifs is 1. The van der Waals surface area contributed by atoms with E-state index in [1.54, 1.807) is 16.8 Å². The molecule has 2 fully saturated rings. The number of aromatic amines is 1. The van der Waals surface area contributed by atoms with Crippen molar-refractivity contribution in [2.75, 3.05) is 31.1 Å². The second-order valence-electron chi connectivity index (χ2n) is 8.45. The number of hydrogen-bond acceptors (Lipinski definition) is 6. The summed E-state index contributed by atoms with van der Waals surface area (Å²) in [6.45, 7) is 2.67. The predicted molar refractivity (Wildman–Crippen MR) is 120 cm³/mol. The molecule has 3 unspecified atom stereocenters. The molecular formula is C23H25FN6O3. The fourth-order valence-electron chi connectivity index (χ4n) is 4.47. The van der Waals surface area contributed by atoms with E-state index in [0.717, 1.165) is 10.9 Å². The van der Waals surface area contributed by atoms with Gasteiger partial charge in [0.1, 0.15) is 11.5 Å². The van der Waals surface area contributed by atoms with Gasteiger partial charge in [-0.05, 0) is 24.6 Å². The Morgan fingerprint density at radius 3 is 2.67 bits per heavy atom.